The Labute approximate surface area is 115 Å². The van der Waals surface area contributed by atoms with E-state index in [0.717, 1.165) is 18.2 Å². The van der Waals surface area contributed by atoms with Gasteiger partial charge in [-0.1, -0.05) is 27.7 Å². The van der Waals surface area contributed by atoms with Gasteiger partial charge < -0.3 is 9.52 Å². The minimum absolute atomic E-state index is 0.00315. The summed E-state index contributed by atoms with van der Waals surface area (Å²) in [7, 11) is 0. The van der Waals surface area contributed by atoms with E-state index in [-0.39, 0.29) is 18.1 Å². The van der Waals surface area contributed by atoms with E-state index in [1.165, 1.54) is 12.8 Å². The standard InChI is InChI=1S/C15H26N2O2/c1-11-6-5-7-17(12(11)10-18)9-14-16-8-13(19-14)15(2,3)4/h8,11-12,18H,5-7,9-10H2,1-4H3. The van der Waals surface area contributed by atoms with E-state index in [9.17, 15) is 5.11 Å². The molecule has 108 valence electrons. The molecule has 1 fully saturated rings. The molecule has 0 amide bonds. The van der Waals surface area contributed by atoms with Gasteiger partial charge in [0, 0.05) is 11.5 Å². The maximum absolute atomic E-state index is 9.55. The Hall–Kier alpha value is -0.870. The average molecular weight is 266 g/mol. The molecule has 0 saturated carbocycles. The lowest BCUT2D eigenvalue weighted by atomic mass is 9.91. The fraction of sp³-hybridized carbons (Fsp3) is 0.800. The molecule has 4 heteroatoms. The summed E-state index contributed by atoms with van der Waals surface area (Å²) in [5, 5.41) is 9.55. The van der Waals surface area contributed by atoms with Crippen molar-refractivity contribution in [2.45, 2.75) is 58.5 Å². The Morgan fingerprint density at radius 3 is 2.79 bits per heavy atom. The molecule has 1 aromatic rings. The normalized spacial score (nSPS) is 25.7. The topological polar surface area (TPSA) is 49.5 Å². The second kappa shape index (κ2) is 5.63. The van der Waals surface area contributed by atoms with E-state index in [2.05, 4.69) is 37.6 Å². The second-order valence-electron chi connectivity index (χ2n) is 6.71. The maximum Gasteiger partial charge on any atom is 0.208 e. The highest BCUT2D eigenvalue weighted by atomic mass is 16.4. The van der Waals surface area contributed by atoms with Crippen molar-refractivity contribution in [3.05, 3.63) is 17.8 Å². The summed E-state index contributed by atoms with van der Waals surface area (Å²) in [5.74, 6) is 2.22. The van der Waals surface area contributed by atoms with Crippen LogP contribution in [-0.2, 0) is 12.0 Å². The Balaban J connectivity index is 2.05. The summed E-state index contributed by atoms with van der Waals surface area (Å²) >= 11 is 0. The average Bonchev–Trinajstić information content (AvgIpc) is 2.77. The zero-order valence-corrected chi connectivity index (χ0v) is 12.5. The summed E-state index contributed by atoms with van der Waals surface area (Å²) in [6.45, 7) is 10.5. The van der Waals surface area contributed by atoms with Crippen LogP contribution in [0.25, 0.3) is 0 Å². The summed E-state index contributed by atoms with van der Waals surface area (Å²) < 4.78 is 5.84. The van der Waals surface area contributed by atoms with Crippen molar-refractivity contribution in [1.29, 1.82) is 0 Å². The fourth-order valence-electron chi connectivity index (χ4n) is 2.73. The van der Waals surface area contributed by atoms with Crippen molar-refractivity contribution < 1.29 is 9.52 Å². The number of oxazole rings is 1. The lowest BCUT2D eigenvalue weighted by Crippen LogP contribution is -2.46. The molecule has 1 saturated heterocycles. The Morgan fingerprint density at radius 2 is 2.21 bits per heavy atom. The first-order chi connectivity index (χ1) is 8.91. The predicted molar refractivity (Wildman–Crippen MR) is 74.9 cm³/mol. The largest absolute Gasteiger partial charge is 0.444 e. The molecule has 0 aliphatic carbocycles. The van der Waals surface area contributed by atoms with Gasteiger partial charge in [0.25, 0.3) is 0 Å². The van der Waals surface area contributed by atoms with Gasteiger partial charge in [-0.3, -0.25) is 4.90 Å². The molecule has 0 bridgehead atoms. The van der Waals surface area contributed by atoms with Gasteiger partial charge in [0.1, 0.15) is 5.76 Å². The van der Waals surface area contributed by atoms with Gasteiger partial charge in [0.2, 0.25) is 5.89 Å². The third kappa shape index (κ3) is 3.37. The molecule has 19 heavy (non-hydrogen) atoms. The van der Waals surface area contributed by atoms with Crippen LogP contribution in [0.15, 0.2) is 10.6 Å². The molecule has 4 nitrogen and oxygen atoms in total. The minimum Gasteiger partial charge on any atom is -0.444 e. The van der Waals surface area contributed by atoms with E-state index in [4.69, 9.17) is 4.42 Å². The summed E-state index contributed by atoms with van der Waals surface area (Å²) in [6.07, 6.45) is 4.21. The molecule has 0 radical (unpaired) electrons. The third-order valence-electron chi connectivity index (χ3n) is 4.05. The molecule has 1 aliphatic rings. The molecule has 2 rings (SSSR count). The van der Waals surface area contributed by atoms with Crippen molar-refractivity contribution in [2.75, 3.05) is 13.2 Å². The number of rotatable bonds is 3. The van der Waals surface area contributed by atoms with Gasteiger partial charge >= 0.3 is 0 Å². The number of aliphatic hydroxyl groups excluding tert-OH is 1. The van der Waals surface area contributed by atoms with Crippen LogP contribution in [0, 0.1) is 5.92 Å². The number of nitrogens with zero attached hydrogens (tertiary/aromatic N) is 2. The van der Waals surface area contributed by atoms with Crippen LogP contribution in [0.1, 0.15) is 52.2 Å². The molecule has 2 atom stereocenters. The van der Waals surface area contributed by atoms with E-state index >= 15 is 0 Å². The van der Waals surface area contributed by atoms with Crippen molar-refractivity contribution in [1.82, 2.24) is 9.88 Å². The number of hydrogen-bond donors (Lipinski definition) is 1. The van der Waals surface area contributed by atoms with E-state index in [1.807, 2.05) is 6.20 Å². The van der Waals surface area contributed by atoms with Crippen molar-refractivity contribution in [2.24, 2.45) is 5.92 Å². The highest BCUT2D eigenvalue weighted by molar-refractivity contribution is 5.06. The molecule has 1 N–H and O–H groups in total. The first-order valence-electron chi connectivity index (χ1n) is 7.22. The molecule has 2 unspecified atom stereocenters. The lowest BCUT2D eigenvalue weighted by Gasteiger charge is -2.38. The number of aliphatic hydroxyl groups is 1. The third-order valence-corrected chi connectivity index (χ3v) is 4.05. The molecular weight excluding hydrogens is 240 g/mol. The van der Waals surface area contributed by atoms with Crippen LogP contribution in [0.5, 0.6) is 0 Å². The Bertz CT molecular complexity index is 409. The summed E-state index contributed by atoms with van der Waals surface area (Å²) in [4.78, 5) is 6.68. The zero-order chi connectivity index (χ0) is 14.0. The number of aromatic nitrogens is 1. The molecular formula is C15H26N2O2. The monoisotopic (exact) mass is 266 g/mol. The van der Waals surface area contributed by atoms with Crippen molar-refractivity contribution >= 4 is 0 Å². The van der Waals surface area contributed by atoms with Gasteiger partial charge in [-0.15, -0.1) is 0 Å². The predicted octanol–water partition coefficient (Wildman–Crippen LogP) is 2.56. The molecule has 2 heterocycles. The molecule has 0 spiro atoms. The maximum atomic E-state index is 9.55. The van der Waals surface area contributed by atoms with Crippen LogP contribution in [-0.4, -0.2) is 34.2 Å². The smallest absolute Gasteiger partial charge is 0.208 e. The molecule has 0 aromatic carbocycles. The van der Waals surface area contributed by atoms with E-state index in [0.29, 0.717) is 12.5 Å². The van der Waals surface area contributed by atoms with Crippen LogP contribution in [0.4, 0.5) is 0 Å². The minimum atomic E-state index is -0.00315. The van der Waals surface area contributed by atoms with Crippen molar-refractivity contribution in [3.8, 4) is 0 Å². The van der Waals surface area contributed by atoms with Crippen LogP contribution in [0.2, 0.25) is 0 Å². The summed E-state index contributed by atoms with van der Waals surface area (Å²) in [5.41, 5.74) is -0.00315. The van der Waals surface area contributed by atoms with Gasteiger partial charge in [-0.2, -0.15) is 0 Å². The summed E-state index contributed by atoms with van der Waals surface area (Å²) in [6, 6.07) is 0.235. The van der Waals surface area contributed by atoms with Crippen LogP contribution in [0.3, 0.4) is 0 Å². The van der Waals surface area contributed by atoms with Gasteiger partial charge in [-0.05, 0) is 25.3 Å². The van der Waals surface area contributed by atoms with Gasteiger partial charge in [-0.25, -0.2) is 4.98 Å². The lowest BCUT2D eigenvalue weighted by molar-refractivity contribution is 0.0409. The zero-order valence-electron chi connectivity index (χ0n) is 12.5. The van der Waals surface area contributed by atoms with E-state index in [1.54, 1.807) is 0 Å². The van der Waals surface area contributed by atoms with E-state index < -0.39 is 0 Å². The van der Waals surface area contributed by atoms with Crippen LogP contribution < -0.4 is 0 Å². The number of likely N-dealkylation sites (tertiary alicyclic amines) is 1. The second-order valence-corrected chi connectivity index (χ2v) is 6.71. The highest BCUT2D eigenvalue weighted by Crippen LogP contribution is 2.26. The Morgan fingerprint density at radius 1 is 1.47 bits per heavy atom. The number of hydrogen-bond acceptors (Lipinski definition) is 4. The molecule has 1 aromatic heterocycles. The van der Waals surface area contributed by atoms with Crippen molar-refractivity contribution in [3.63, 3.8) is 0 Å². The Kier molecular flexibility index (Phi) is 4.31. The van der Waals surface area contributed by atoms with Gasteiger partial charge in [0.15, 0.2) is 0 Å². The first-order valence-corrected chi connectivity index (χ1v) is 7.22. The van der Waals surface area contributed by atoms with Crippen LogP contribution >= 0.6 is 0 Å². The number of piperidine rings is 1. The quantitative estimate of drug-likeness (QED) is 0.913. The molecule has 1 aliphatic heterocycles. The first kappa shape index (κ1) is 14.5. The van der Waals surface area contributed by atoms with Gasteiger partial charge in [0.05, 0.1) is 19.3 Å². The SMILES string of the molecule is CC1CCCN(Cc2ncc(C(C)(C)C)o2)C1CO. The fourth-order valence-corrected chi connectivity index (χ4v) is 2.73. The highest BCUT2D eigenvalue weighted by Gasteiger charge is 2.29.